The number of carbonyl (C=O) groups excluding carboxylic acids is 2. The van der Waals surface area contributed by atoms with E-state index >= 15 is 0 Å². The maximum atomic E-state index is 11.5. The third-order valence-corrected chi connectivity index (χ3v) is 1.92. The van der Waals surface area contributed by atoms with Crippen molar-refractivity contribution in [1.82, 2.24) is 0 Å². The summed E-state index contributed by atoms with van der Waals surface area (Å²) in [4.78, 5) is 23.1. The molecule has 0 amide bonds. The minimum Gasteiger partial charge on any atom is -0.462 e. The number of hydrogen-bond acceptors (Lipinski definition) is 6. The molecule has 0 unspecified atom stereocenters. The van der Waals surface area contributed by atoms with Gasteiger partial charge in [-0.2, -0.15) is 8.42 Å². The monoisotopic (exact) mass is 320 g/mol. The molecule has 0 spiro atoms. The Bertz CT molecular complexity index is 534. The number of benzene rings is 1. The second kappa shape index (κ2) is 9.06. The highest BCUT2D eigenvalue weighted by Crippen LogP contribution is 2.11. The fraction of sp³-hybridized carbons (Fsp3) is 0.333. The van der Waals surface area contributed by atoms with Crippen LogP contribution in [0.2, 0.25) is 0 Å². The van der Waals surface area contributed by atoms with E-state index in [1.807, 2.05) is 0 Å². The van der Waals surface area contributed by atoms with Gasteiger partial charge in [0.15, 0.2) is 0 Å². The lowest BCUT2D eigenvalue weighted by Gasteiger charge is -2.07. The van der Waals surface area contributed by atoms with Crippen molar-refractivity contribution in [1.29, 1.82) is 0 Å². The maximum Gasteiger partial charge on any atom is 0.394 e. The van der Waals surface area contributed by atoms with Crippen LogP contribution in [0.15, 0.2) is 24.3 Å². The van der Waals surface area contributed by atoms with Gasteiger partial charge in [0.1, 0.15) is 0 Å². The van der Waals surface area contributed by atoms with Gasteiger partial charge < -0.3 is 9.47 Å². The summed E-state index contributed by atoms with van der Waals surface area (Å²) in [6.07, 6.45) is 0. The summed E-state index contributed by atoms with van der Waals surface area (Å²) in [6.45, 7) is 3.97. The van der Waals surface area contributed by atoms with E-state index in [0.29, 0.717) is 0 Å². The summed E-state index contributed by atoms with van der Waals surface area (Å²) < 4.78 is 41.3. The van der Waals surface area contributed by atoms with E-state index in [2.05, 4.69) is 0 Å². The van der Waals surface area contributed by atoms with E-state index in [1.165, 1.54) is 0 Å². The fourth-order valence-corrected chi connectivity index (χ4v) is 1.26. The summed E-state index contributed by atoms with van der Waals surface area (Å²) in [5, 5.41) is 0. The molecule has 0 heterocycles. The van der Waals surface area contributed by atoms with Crippen LogP contribution >= 0.6 is 0 Å². The first-order valence-corrected chi connectivity index (χ1v) is 7.23. The Morgan fingerprint density at radius 3 is 1.48 bits per heavy atom. The Balaban J connectivity index is 0.000000690. The molecule has 0 saturated heterocycles. The number of esters is 2. The first-order chi connectivity index (χ1) is 9.70. The van der Waals surface area contributed by atoms with Gasteiger partial charge in [-0.25, -0.2) is 9.59 Å². The van der Waals surface area contributed by atoms with Crippen LogP contribution in [0.1, 0.15) is 34.6 Å². The van der Waals surface area contributed by atoms with Gasteiger partial charge in [0.05, 0.1) is 24.3 Å². The van der Waals surface area contributed by atoms with Gasteiger partial charge in [-0.15, -0.1) is 0 Å². The van der Waals surface area contributed by atoms with E-state index in [9.17, 15) is 9.59 Å². The molecule has 0 aromatic heterocycles. The van der Waals surface area contributed by atoms with Crippen LogP contribution in [0.4, 0.5) is 0 Å². The average molecular weight is 320 g/mol. The third-order valence-electron chi connectivity index (χ3n) is 1.92. The van der Waals surface area contributed by atoms with Crippen molar-refractivity contribution in [3.63, 3.8) is 0 Å². The standard InChI is InChI=1S/C12H14O4.H2O4S/c1-3-15-11(13)9-7-5-6-8-10(9)12(14)16-4-2;1-5(2,3)4/h5-8H,3-4H2,1-2H3;(H2,1,2,3,4). The molecule has 0 saturated carbocycles. The lowest BCUT2D eigenvalue weighted by atomic mass is 10.1. The van der Waals surface area contributed by atoms with E-state index in [1.54, 1.807) is 38.1 Å². The lowest BCUT2D eigenvalue weighted by Crippen LogP contribution is -2.13. The topological polar surface area (TPSA) is 127 Å². The van der Waals surface area contributed by atoms with Gasteiger partial charge in [-0.05, 0) is 26.0 Å². The molecule has 8 nitrogen and oxygen atoms in total. The Labute approximate surface area is 122 Å². The second-order valence-electron chi connectivity index (χ2n) is 3.43. The molecule has 1 aromatic carbocycles. The summed E-state index contributed by atoms with van der Waals surface area (Å²) in [5.74, 6) is -1.02. The molecule has 21 heavy (non-hydrogen) atoms. The predicted molar refractivity (Wildman–Crippen MR) is 72.5 cm³/mol. The van der Waals surface area contributed by atoms with Crippen molar-refractivity contribution in [2.45, 2.75) is 13.8 Å². The molecule has 0 aliphatic rings. The van der Waals surface area contributed by atoms with Crippen LogP contribution < -0.4 is 0 Å². The van der Waals surface area contributed by atoms with Crippen LogP contribution in [0, 0.1) is 0 Å². The molecule has 118 valence electrons. The first-order valence-electron chi connectivity index (χ1n) is 5.83. The zero-order valence-electron chi connectivity index (χ0n) is 11.5. The van der Waals surface area contributed by atoms with Crippen molar-refractivity contribution in [2.24, 2.45) is 0 Å². The highest BCUT2D eigenvalue weighted by molar-refractivity contribution is 7.79. The molecular formula is C12H16O8S. The fourth-order valence-electron chi connectivity index (χ4n) is 1.26. The Morgan fingerprint density at radius 2 is 1.24 bits per heavy atom. The molecule has 1 rings (SSSR count). The molecule has 0 aliphatic heterocycles. The molecule has 2 N–H and O–H groups in total. The van der Waals surface area contributed by atoms with Gasteiger partial charge in [0.2, 0.25) is 0 Å². The highest BCUT2D eigenvalue weighted by atomic mass is 32.3. The van der Waals surface area contributed by atoms with Crippen LogP contribution in [0.3, 0.4) is 0 Å². The van der Waals surface area contributed by atoms with Crippen LogP contribution in [-0.4, -0.2) is 42.7 Å². The lowest BCUT2D eigenvalue weighted by molar-refractivity contribution is 0.0479. The summed E-state index contributed by atoms with van der Waals surface area (Å²) in [7, 11) is -4.67. The van der Waals surface area contributed by atoms with E-state index in [0.717, 1.165) is 0 Å². The number of hydrogen-bond donors (Lipinski definition) is 2. The highest BCUT2D eigenvalue weighted by Gasteiger charge is 2.17. The summed E-state index contributed by atoms with van der Waals surface area (Å²) in [6, 6.07) is 6.44. The molecule has 0 radical (unpaired) electrons. The predicted octanol–water partition coefficient (Wildman–Crippen LogP) is 1.39. The van der Waals surface area contributed by atoms with Gasteiger partial charge in [0, 0.05) is 0 Å². The average Bonchev–Trinajstić information content (AvgIpc) is 2.37. The Kier molecular flexibility index (Phi) is 8.21. The van der Waals surface area contributed by atoms with Crippen molar-refractivity contribution in [3.05, 3.63) is 35.4 Å². The van der Waals surface area contributed by atoms with Gasteiger partial charge in [-0.3, -0.25) is 9.11 Å². The van der Waals surface area contributed by atoms with E-state index in [4.69, 9.17) is 27.0 Å². The number of rotatable bonds is 4. The van der Waals surface area contributed by atoms with Crippen molar-refractivity contribution >= 4 is 22.3 Å². The first kappa shape index (κ1) is 19.0. The minimum atomic E-state index is -4.67. The van der Waals surface area contributed by atoms with E-state index in [-0.39, 0.29) is 24.3 Å². The normalized spacial score (nSPS) is 10.1. The van der Waals surface area contributed by atoms with Crippen molar-refractivity contribution in [3.8, 4) is 0 Å². The molecule has 1 aromatic rings. The number of carbonyl (C=O) groups is 2. The quantitative estimate of drug-likeness (QED) is 0.629. The van der Waals surface area contributed by atoms with Crippen molar-refractivity contribution in [2.75, 3.05) is 13.2 Å². The summed E-state index contributed by atoms with van der Waals surface area (Å²) >= 11 is 0. The van der Waals surface area contributed by atoms with E-state index < -0.39 is 22.3 Å². The minimum absolute atomic E-state index is 0.239. The summed E-state index contributed by atoms with van der Waals surface area (Å²) in [5.41, 5.74) is 0.477. The second-order valence-corrected chi connectivity index (χ2v) is 4.33. The molecule has 9 heteroatoms. The van der Waals surface area contributed by atoms with Crippen LogP contribution in [0.25, 0.3) is 0 Å². The van der Waals surface area contributed by atoms with Crippen molar-refractivity contribution < 1.29 is 36.6 Å². The Morgan fingerprint density at radius 1 is 0.952 bits per heavy atom. The zero-order valence-corrected chi connectivity index (χ0v) is 12.3. The Hall–Kier alpha value is -1.97. The van der Waals surface area contributed by atoms with Gasteiger partial charge in [0.25, 0.3) is 0 Å². The molecular weight excluding hydrogens is 304 g/mol. The van der Waals surface area contributed by atoms with Gasteiger partial charge in [-0.1, -0.05) is 12.1 Å². The van der Waals surface area contributed by atoms with Gasteiger partial charge >= 0.3 is 22.3 Å². The SMILES string of the molecule is CCOC(=O)c1ccccc1C(=O)OCC.O=S(=O)(O)O. The van der Waals surface area contributed by atoms with Crippen LogP contribution in [0.5, 0.6) is 0 Å². The maximum absolute atomic E-state index is 11.5. The largest absolute Gasteiger partial charge is 0.462 e. The smallest absolute Gasteiger partial charge is 0.394 e. The molecule has 0 fully saturated rings. The molecule has 0 bridgehead atoms. The number of ether oxygens (including phenoxy) is 2. The zero-order chi connectivity index (χ0) is 16.5. The molecule has 0 atom stereocenters. The van der Waals surface area contributed by atoms with Crippen LogP contribution in [-0.2, 0) is 19.9 Å². The third kappa shape index (κ3) is 8.74. The molecule has 0 aliphatic carbocycles.